The van der Waals surface area contributed by atoms with Crippen molar-refractivity contribution in [2.24, 2.45) is 0 Å². The van der Waals surface area contributed by atoms with Crippen LogP contribution in [0, 0.1) is 0 Å². The number of carboxylic acids is 1. The van der Waals surface area contributed by atoms with Gasteiger partial charge in [0.15, 0.2) is 6.10 Å². The molecular weight excluding hydrogens is 558 g/mol. The number of likely N-dealkylation sites (N-methyl/N-ethyl adjacent to an activating group) is 1. The van der Waals surface area contributed by atoms with Crippen molar-refractivity contribution in [1.82, 2.24) is 0 Å². The maximum Gasteiger partial charge on any atom is 0.306 e. The number of unbranched alkanes of at least 4 members (excludes halogenated alkanes) is 8. The Balaban J connectivity index is 4.55. The molecule has 0 amide bonds. The zero-order valence-electron chi connectivity index (χ0n) is 28.3. The maximum atomic E-state index is 12.5. The summed E-state index contributed by atoms with van der Waals surface area (Å²) in [6.07, 6.45) is 28.8. The largest absolute Gasteiger partial charge is 0.544 e. The third-order valence-corrected chi connectivity index (χ3v) is 7.02. The zero-order valence-corrected chi connectivity index (χ0v) is 28.3. The minimum Gasteiger partial charge on any atom is -0.544 e. The number of quaternary nitrogens is 1. The van der Waals surface area contributed by atoms with Gasteiger partial charge in [-0.15, -0.1) is 0 Å². The number of aliphatic carboxylic acids is 1. The molecule has 0 aliphatic heterocycles. The van der Waals surface area contributed by atoms with Crippen molar-refractivity contribution in [3.8, 4) is 0 Å². The van der Waals surface area contributed by atoms with Gasteiger partial charge in [0.1, 0.15) is 12.6 Å². The first-order chi connectivity index (χ1) is 21.1. The van der Waals surface area contributed by atoms with Gasteiger partial charge in [-0.05, 0) is 44.9 Å². The number of carboxylic acid groups (broad SMARTS) is 1. The van der Waals surface area contributed by atoms with Crippen LogP contribution in [0.15, 0.2) is 48.6 Å². The summed E-state index contributed by atoms with van der Waals surface area (Å²) < 4.78 is 16.9. The molecule has 0 aromatic heterocycles. The number of allylic oxidation sites excluding steroid dienone is 8. The van der Waals surface area contributed by atoms with Gasteiger partial charge in [0, 0.05) is 19.3 Å². The number of esters is 2. The van der Waals surface area contributed by atoms with E-state index in [2.05, 4.69) is 44.2 Å². The number of carbonyl (C=O) groups is 3. The summed E-state index contributed by atoms with van der Waals surface area (Å²) in [5.74, 6) is -1.84. The second-order valence-electron chi connectivity index (χ2n) is 12.1. The number of carbonyl (C=O) groups excluding carboxylic acids is 3. The highest BCUT2D eigenvalue weighted by Crippen LogP contribution is 2.11. The van der Waals surface area contributed by atoms with Crippen LogP contribution in [0.1, 0.15) is 110 Å². The van der Waals surface area contributed by atoms with E-state index < -0.39 is 18.1 Å². The standard InChI is InChI=1S/C36H61NO7/c1-6-8-10-12-14-15-16-17-18-19-21-23-25-27-35(39)44-32(30-42-29-28-33(36(40)41)37(3,4)5)31-43-34(38)26-24-22-20-13-11-9-7-2/h8,10,12,14-16,20,22,32-33H,6-7,9,11,13,17-19,21,23-31H2,1-5H3/b10-8+,14-12+,16-15+,22-20+. The van der Waals surface area contributed by atoms with Gasteiger partial charge in [-0.2, -0.15) is 0 Å². The average molecular weight is 620 g/mol. The third-order valence-electron chi connectivity index (χ3n) is 7.02. The zero-order chi connectivity index (χ0) is 32.9. The molecule has 0 bridgehead atoms. The molecule has 0 aliphatic carbocycles. The minimum absolute atomic E-state index is 0.0187. The summed E-state index contributed by atoms with van der Waals surface area (Å²) in [5.41, 5.74) is 0. The highest BCUT2D eigenvalue weighted by molar-refractivity contribution is 5.70. The van der Waals surface area contributed by atoms with Crippen LogP contribution < -0.4 is 5.11 Å². The molecule has 0 rings (SSSR count). The van der Waals surface area contributed by atoms with Crippen LogP contribution in [-0.4, -0.2) is 75.5 Å². The molecule has 2 atom stereocenters. The second kappa shape index (κ2) is 27.8. The molecule has 2 unspecified atom stereocenters. The fraction of sp³-hybridized carbons (Fsp3) is 0.694. The summed E-state index contributed by atoms with van der Waals surface area (Å²) in [7, 11) is 5.36. The molecule has 0 saturated heterocycles. The molecule has 252 valence electrons. The molecule has 0 fully saturated rings. The molecule has 0 heterocycles. The molecule has 0 N–H and O–H groups in total. The molecule has 44 heavy (non-hydrogen) atoms. The normalized spacial score (nSPS) is 13.8. The van der Waals surface area contributed by atoms with Crippen LogP contribution in [0.3, 0.4) is 0 Å². The Bertz CT molecular complexity index is 870. The monoisotopic (exact) mass is 619 g/mol. The van der Waals surface area contributed by atoms with Crippen molar-refractivity contribution in [2.45, 2.75) is 122 Å². The SMILES string of the molecule is CC/C=C/C=C/C=C/CCCCCCCC(=O)OC(COCCC(C(=O)[O-])[N+](C)(C)C)COC(=O)CC/C=C/CCCCC. The van der Waals surface area contributed by atoms with E-state index in [9.17, 15) is 19.5 Å². The first-order valence-electron chi connectivity index (χ1n) is 16.7. The molecule has 0 aromatic carbocycles. The molecule has 0 radical (unpaired) electrons. The lowest BCUT2D eigenvalue weighted by Gasteiger charge is -2.34. The lowest BCUT2D eigenvalue weighted by atomic mass is 10.1. The fourth-order valence-corrected chi connectivity index (χ4v) is 4.38. The first-order valence-corrected chi connectivity index (χ1v) is 16.7. The molecule has 8 heteroatoms. The third kappa shape index (κ3) is 25.8. The van der Waals surface area contributed by atoms with Gasteiger partial charge >= 0.3 is 11.9 Å². The summed E-state index contributed by atoms with van der Waals surface area (Å²) in [6.45, 7) is 4.35. The molecule has 0 aromatic rings. The average Bonchev–Trinajstić information content (AvgIpc) is 2.96. The van der Waals surface area contributed by atoms with Crippen molar-refractivity contribution >= 4 is 17.9 Å². The summed E-state index contributed by atoms with van der Waals surface area (Å²) in [5, 5.41) is 11.5. The number of hydrogen-bond donors (Lipinski definition) is 0. The van der Waals surface area contributed by atoms with E-state index in [0.29, 0.717) is 6.42 Å². The van der Waals surface area contributed by atoms with E-state index in [-0.39, 0.29) is 55.5 Å². The van der Waals surface area contributed by atoms with Crippen molar-refractivity contribution in [3.63, 3.8) is 0 Å². The Morgan fingerprint density at radius 3 is 2.02 bits per heavy atom. The van der Waals surface area contributed by atoms with Gasteiger partial charge in [0.25, 0.3) is 0 Å². The van der Waals surface area contributed by atoms with Gasteiger partial charge in [-0.3, -0.25) is 9.59 Å². The molecule has 0 spiro atoms. The second-order valence-corrected chi connectivity index (χ2v) is 12.1. The van der Waals surface area contributed by atoms with Crippen molar-refractivity contribution < 1.29 is 38.2 Å². The number of hydrogen-bond acceptors (Lipinski definition) is 7. The van der Waals surface area contributed by atoms with Crippen LogP contribution in [0.4, 0.5) is 0 Å². The number of nitrogens with zero attached hydrogens (tertiary/aromatic N) is 1. The number of rotatable bonds is 28. The Morgan fingerprint density at radius 2 is 1.34 bits per heavy atom. The predicted molar refractivity (Wildman–Crippen MR) is 176 cm³/mol. The van der Waals surface area contributed by atoms with Crippen LogP contribution in [0.2, 0.25) is 0 Å². The summed E-state index contributed by atoms with van der Waals surface area (Å²) in [4.78, 5) is 36.3. The lowest BCUT2D eigenvalue weighted by molar-refractivity contribution is -0.889. The predicted octanol–water partition coefficient (Wildman–Crippen LogP) is 6.40. The molecule has 8 nitrogen and oxygen atoms in total. The Kier molecular flexibility index (Phi) is 26.1. The number of ether oxygens (including phenoxy) is 3. The smallest absolute Gasteiger partial charge is 0.306 e. The van der Waals surface area contributed by atoms with E-state index in [1.165, 1.54) is 12.8 Å². The van der Waals surface area contributed by atoms with Gasteiger partial charge in [-0.25, -0.2) is 0 Å². The van der Waals surface area contributed by atoms with Gasteiger partial charge in [0.2, 0.25) is 0 Å². The topological polar surface area (TPSA) is 102 Å². The quantitative estimate of drug-likeness (QED) is 0.0328. The Hall–Kier alpha value is -2.71. The summed E-state index contributed by atoms with van der Waals surface area (Å²) in [6, 6.07) is -0.732. The van der Waals surface area contributed by atoms with Gasteiger partial charge in [-0.1, -0.05) is 94.6 Å². The van der Waals surface area contributed by atoms with Crippen LogP contribution in [0.5, 0.6) is 0 Å². The van der Waals surface area contributed by atoms with Crippen LogP contribution in [-0.2, 0) is 28.6 Å². The van der Waals surface area contributed by atoms with E-state index >= 15 is 0 Å². The van der Waals surface area contributed by atoms with Crippen LogP contribution in [0.25, 0.3) is 0 Å². The van der Waals surface area contributed by atoms with E-state index in [1.54, 1.807) is 21.1 Å². The van der Waals surface area contributed by atoms with E-state index in [0.717, 1.165) is 57.8 Å². The maximum absolute atomic E-state index is 12.5. The fourth-order valence-electron chi connectivity index (χ4n) is 4.38. The Morgan fingerprint density at radius 1 is 0.705 bits per heavy atom. The molecule has 0 saturated carbocycles. The lowest BCUT2D eigenvalue weighted by Crippen LogP contribution is -2.55. The van der Waals surface area contributed by atoms with Crippen molar-refractivity contribution in [3.05, 3.63) is 48.6 Å². The van der Waals surface area contributed by atoms with E-state index in [4.69, 9.17) is 14.2 Å². The van der Waals surface area contributed by atoms with Crippen molar-refractivity contribution in [1.29, 1.82) is 0 Å². The summed E-state index contributed by atoms with van der Waals surface area (Å²) >= 11 is 0. The van der Waals surface area contributed by atoms with E-state index in [1.807, 2.05) is 18.2 Å². The molecular formula is C36H61NO7. The molecule has 0 aliphatic rings. The minimum atomic E-state index is -1.14. The highest BCUT2D eigenvalue weighted by atomic mass is 16.6. The van der Waals surface area contributed by atoms with Gasteiger partial charge in [0.05, 0.1) is 40.3 Å². The van der Waals surface area contributed by atoms with Crippen LogP contribution >= 0.6 is 0 Å². The van der Waals surface area contributed by atoms with Gasteiger partial charge < -0.3 is 28.6 Å². The highest BCUT2D eigenvalue weighted by Gasteiger charge is 2.25. The Labute approximate surface area is 267 Å². The first kappa shape index (κ1) is 41.3. The van der Waals surface area contributed by atoms with Crippen molar-refractivity contribution in [2.75, 3.05) is 41.0 Å².